The molecular formula is C16H22N2O3S. The van der Waals surface area contributed by atoms with Crippen molar-refractivity contribution >= 4 is 15.9 Å². The van der Waals surface area contributed by atoms with E-state index in [1.54, 1.807) is 0 Å². The number of likely N-dealkylation sites (tertiary alicyclic amines) is 1. The highest BCUT2D eigenvalue weighted by molar-refractivity contribution is 7.88. The SMILES string of the molecule is Cc1cc(C)cc(C(=O)N2CCC3CN(S(C)(=O)=O)CC32)c1. The number of rotatable bonds is 2. The van der Waals surface area contributed by atoms with Crippen LogP contribution < -0.4 is 0 Å². The number of nitrogens with zero attached hydrogens (tertiary/aromatic N) is 2. The zero-order chi connectivity index (χ0) is 16.1. The van der Waals surface area contributed by atoms with Crippen LogP contribution in [-0.2, 0) is 10.0 Å². The van der Waals surface area contributed by atoms with Crippen LogP contribution in [0.4, 0.5) is 0 Å². The summed E-state index contributed by atoms with van der Waals surface area (Å²) in [5, 5.41) is 0. The van der Waals surface area contributed by atoms with E-state index in [1.807, 2.05) is 36.9 Å². The number of carbonyl (C=O) groups is 1. The minimum atomic E-state index is -3.18. The monoisotopic (exact) mass is 322 g/mol. The number of aryl methyl sites for hydroxylation is 2. The second-order valence-corrected chi connectivity index (χ2v) is 8.55. The molecule has 0 radical (unpaired) electrons. The van der Waals surface area contributed by atoms with E-state index in [0.717, 1.165) is 24.1 Å². The normalized spacial score (nSPS) is 25.5. The molecule has 2 aliphatic heterocycles. The zero-order valence-corrected chi connectivity index (χ0v) is 14.1. The molecule has 0 aliphatic carbocycles. The zero-order valence-electron chi connectivity index (χ0n) is 13.2. The Kier molecular flexibility index (Phi) is 3.77. The summed E-state index contributed by atoms with van der Waals surface area (Å²) in [6, 6.07) is 5.88. The summed E-state index contributed by atoms with van der Waals surface area (Å²) in [7, 11) is -3.18. The van der Waals surface area contributed by atoms with Crippen molar-refractivity contribution in [2.45, 2.75) is 26.3 Å². The molecule has 0 saturated carbocycles. The van der Waals surface area contributed by atoms with Crippen molar-refractivity contribution in [3.63, 3.8) is 0 Å². The fourth-order valence-corrected chi connectivity index (χ4v) is 4.60. The van der Waals surface area contributed by atoms with Gasteiger partial charge in [-0.2, -0.15) is 4.31 Å². The largest absolute Gasteiger partial charge is 0.334 e. The first-order valence-electron chi connectivity index (χ1n) is 7.60. The summed E-state index contributed by atoms with van der Waals surface area (Å²) in [4.78, 5) is 14.7. The second kappa shape index (κ2) is 5.35. The molecular weight excluding hydrogens is 300 g/mol. The minimum Gasteiger partial charge on any atom is -0.334 e. The van der Waals surface area contributed by atoms with Gasteiger partial charge in [0, 0.05) is 31.2 Å². The van der Waals surface area contributed by atoms with Gasteiger partial charge in [-0.05, 0) is 38.3 Å². The summed E-state index contributed by atoms with van der Waals surface area (Å²) in [5.74, 6) is 0.291. The predicted octanol–water partition coefficient (Wildman–Crippen LogP) is 1.41. The maximum absolute atomic E-state index is 12.8. The number of hydrogen-bond donors (Lipinski definition) is 0. The Labute approximate surface area is 132 Å². The second-order valence-electron chi connectivity index (χ2n) is 6.57. The average Bonchev–Trinajstić information content (AvgIpc) is 2.95. The van der Waals surface area contributed by atoms with Gasteiger partial charge in [-0.25, -0.2) is 8.42 Å². The molecule has 1 aromatic rings. The van der Waals surface area contributed by atoms with Gasteiger partial charge in [0.05, 0.1) is 6.26 Å². The summed E-state index contributed by atoms with van der Waals surface area (Å²) in [5.41, 5.74) is 2.85. The van der Waals surface area contributed by atoms with Crippen molar-refractivity contribution in [2.75, 3.05) is 25.9 Å². The molecule has 3 rings (SSSR count). The summed E-state index contributed by atoms with van der Waals surface area (Å²) in [6.45, 7) is 5.66. The molecule has 2 fully saturated rings. The number of hydrogen-bond acceptors (Lipinski definition) is 3. The van der Waals surface area contributed by atoms with E-state index < -0.39 is 10.0 Å². The van der Waals surface area contributed by atoms with Crippen molar-refractivity contribution < 1.29 is 13.2 Å². The molecule has 2 unspecified atom stereocenters. The van der Waals surface area contributed by atoms with Gasteiger partial charge in [-0.1, -0.05) is 17.2 Å². The average molecular weight is 322 g/mol. The Morgan fingerprint density at radius 3 is 2.36 bits per heavy atom. The van der Waals surface area contributed by atoms with Gasteiger partial charge in [0.2, 0.25) is 10.0 Å². The van der Waals surface area contributed by atoms with Crippen molar-refractivity contribution in [1.82, 2.24) is 9.21 Å². The molecule has 2 atom stereocenters. The number of carbonyl (C=O) groups excluding carboxylic acids is 1. The summed E-state index contributed by atoms with van der Waals surface area (Å²) >= 11 is 0. The maximum Gasteiger partial charge on any atom is 0.254 e. The smallest absolute Gasteiger partial charge is 0.254 e. The molecule has 1 aromatic carbocycles. The fourth-order valence-electron chi connectivity index (χ4n) is 3.71. The van der Waals surface area contributed by atoms with Crippen LogP contribution in [0.3, 0.4) is 0 Å². The van der Waals surface area contributed by atoms with E-state index in [9.17, 15) is 13.2 Å². The predicted molar refractivity (Wildman–Crippen MR) is 85.3 cm³/mol. The summed E-state index contributed by atoms with van der Waals surface area (Å²) < 4.78 is 24.9. The fraction of sp³-hybridized carbons (Fsp3) is 0.562. The molecule has 0 aromatic heterocycles. The number of benzene rings is 1. The van der Waals surface area contributed by atoms with Crippen LogP contribution >= 0.6 is 0 Å². The Balaban J connectivity index is 1.82. The lowest BCUT2D eigenvalue weighted by Gasteiger charge is -2.25. The topological polar surface area (TPSA) is 57.7 Å². The quantitative estimate of drug-likeness (QED) is 0.827. The van der Waals surface area contributed by atoms with E-state index in [-0.39, 0.29) is 17.9 Å². The van der Waals surface area contributed by atoms with Crippen LogP contribution in [0.1, 0.15) is 27.9 Å². The van der Waals surface area contributed by atoms with Gasteiger partial charge in [-0.3, -0.25) is 4.79 Å². The van der Waals surface area contributed by atoms with E-state index in [2.05, 4.69) is 0 Å². The third-order valence-electron chi connectivity index (χ3n) is 4.71. The first-order valence-corrected chi connectivity index (χ1v) is 9.45. The molecule has 0 spiro atoms. The van der Waals surface area contributed by atoms with Crippen LogP contribution in [0.15, 0.2) is 18.2 Å². The third kappa shape index (κ3) is 2.77. The van der Waals surface area contributed by atoms with E-state index in [4.69, 9.17) is 0 Å². The number of sulfonamides is 1. The standard InChI is InChI=1S/C16H22N2O3S/c1-11-6-12(2)8-14(7-11)16(19)18-5-4-13-9-17(10-15(13)18)22(3,20)21/h6-8,13,15H,4-5,9-10H2,1-3H3. The highest BCUT2D eigenvalue weighted by atomic mass is 32.2. The molecule has 22 heavy (non-hydrogen) atoms. The molecule has 2 aliphatic rings. The molecule has 120 valence electrons. The molecule has 2 saturated heterocycles. The van der Waals surface area contributed by atoms with Gasteiger partial charge in [-0.15, -0.1) is 0 Å². The van der Waals surface area contributed by atoms with Crippen LogP contribution in [0.5, 0.6) is 0 Å². The van der Waals surface area contributed by atoms with Gasteiger partial charge in [0.1, 0.15) is 0 Å². The van der Waals surface area contributed by atoms with E-state index >= 15 is 0 Å². The van der Waals surface area contributed by atoms with Gasteiger partial charge >= 0.3 is 0 Å². The Morgan fingerprint density at radius 2 is 1.77 bits per heavy atom. The molecule has 0 bridgehead atoms. The molecule has 6 heteroatoms. The van der Waals surface area contributed by atoms with Gasteiger partial charge in [0.15, 0.2) is 0 Å². The van der Waals surface area contributed by atoms with Gasteiger partial charge < -0.3 is 4.90 Å². The van der Waals surface area contributed by atoms with Crippen LogP contribution in [-0.4, -0.2) is 55.5 Å². The van der Waals surface area contributed by atoms with E-state index in [0.29, 0.717) is 18.7 Å². The number of amides is 1. The first kappa shape index (κ1) is 15.5. The third-order valence-corrected chi connectivity index (χ3v) is 5.95. The molecule has 2 heterocycles. The van der Waals surface area contributed by atoms with Crippen molar-refractivity contribution in [1.29, 1.82) is 0 Å². The summed E-state index contributed by atoms with van der Waals surface area (Å²) in [6.07, 6.45) is 2.12. The maximum atomic E-state index is 12.8. The van der Waals surface area contributed by atoms with E-state index in [1.165, 1.54) is 10.6 Å². The van der Waals surface area contributed by atoms with Crippen molar-refractivity contribution in [2.24, 2.45) is 5.92 Å². The Morgan fingerprint density at radius 1 is 1.14 bits per heavy atom. The van der Waals surface area contributed by atoms with Gasteiger partial charge in [0.25, 0.3) is 5.91 Å². The lowest BCUT2D eigenvalue weighted by Crippen LogP contribution is -2.40. The highest BCUT2D eigenvalue weighted by Crippen LogP contribution is 2.33. The van der Waals surface area contributed by atoms with Crippen molar-refractivity contribution in [3.8, 4) is 0 Å². The molecule has 5 nitrogen and oxygen atoms in total. The number of fused-ring (bicyclic) bond motifs is 1. The lowest BCUT2D eigenvalue weighted by molar-refractivity contribution is 0.0732. The van der Waals surface area contributed by atoms with Crippen LogP contribution in [0.2, 0.25) is 0 Å². The Bertz CT molecular complexity index is 694. The van der Waals surface area contributed by atoms with Crippen LogP contribution in [0.25, 0.3) is 0 Å². The minimum absolute atomic E-state index is 0.0167. The molecule has 0 N–H and O–H groups in total. The highest BCUT2D eigenvalue weighted by Gasteiger charge is 2.45. The van der Waals surface area contributed by atoms with Crippen LogP contribution in [0, 0.1) is 19.8 Å². The molecule has 1 amide bonds. The lowest BCUT2D eigenvalue weighted by atomic mass is 10.0. The van der Waals surface area contributed by atoms with Crippen molar-refractivity contribution in [3.05, 3.63) is 34.9 Å². The Hall–Kier alpha value is -1.40. The first-order chi connectivity index (χ1) is 10.3.